The number of carbonyl (C=O) groups is 3. The van der Waals surface area contributed by atoms with Gasteiger partial charge in [-0.1, -0.05) is 53.1 Å². The number of halogens is 1. The number of imide groups is 1. The van der Waals surface area contributed by atoms with Gasteiger partial charge in [-0.15, -0.1) is 0 Å². The molecule has 0 spiro atoms. The highest BCUT2D eigenvalue weighted by atomic mass is 35.5. The molecule has 0 unspecified atom stereocenters. The molecule has 178 valence electrons. The Morgan fingerprint density at radius 3 is 2.03 bits per heavy atom. The number of rotatable bonds is 5. The molecule has 6 nitrogen and oxygen atoms in total. The van der Waals surface area contributed by atoms with Crippen LogP contribution in [-0.2, 0) is 9.59 Å². The molecular weight excluding hydrogens is 462 g/mol. The third kappa shape index (κ3) is 4.70. The SMILES string of the molecule is Cc1ccc(N2C(=O)C(Cl)=C(Nc3cc(C(=O)Nc4c(C)cc(C)cc4C)ccc3C)C2=O)cc1. The van der Waals surface area contributed by atoms with Crippen LogP contribution in [0.15, 0.2) is 65.3 Å². The van der Waals surface area contributed by atoms with Gasteiger partial charge >= 0.3 is 0 Å². The lowest BCUT2D eigenvalue weighted by Gasteiger charge is -2.16. The molecule has 3 aromatic rings. The average Bonchev–Trinajstić information content (AvgIpc) is 3.01. The fourth-order valence-corrected chi connectivity index (χ4v) is 4.35. The lowest BCUT2D eigenvalue weighted by Crippen LogP contribution is -2.32. The van der Waals surface area contributed by atoms with Crippen molar-refractivity contribution < 1.29 is 14.4 Å². The molecule has 7 heteroatoms. The Balaban J connectivity index is 1.60. The van der Waals surface area contributed by atoms with Gasteiger partial charge in [0.05, 0.1) is 5.69 Å². The number of hydrogen-bond acceptors (Lipinski definition) is 4. The Morgan fingerprint density at radius 2 is 1.40 bits per heavy atom. The van der Waals surface area contributed by atoms with Crippen molar-refractivity contribution in [1.82, 2.24) is 0 Å². The zero-order chi connectivity index (χ0) is 25.4. The smallest absolute Gasteiger partial charge is 0.283 e. The number of anilines is 3. The van der Waals surface area contributed by atoms with Crippen LogP contribution in [0, 0.1) is 34.6 Å². The second kappa shape index (κ2) is 9.39. The fourth-order valence-electron chi connectivity index (χ4n) is 4.14. The molecule has 0 aromatic heterocycles. The van der Waals surface area contributed by atoms with Gasteiger partial charge in [0.1, 0.15) is 10.7 Å². The van der Waals surface area contributed by atoms with Gasteiger partial charge in [-0.3, -0.25) is 14.4 Å². The van der Waals surface area contributed by atoms with E-state index in [1.807, 2.05) is 58.9 Å². The number of amides is 3. The summed E-state index contributed by atoms with van der Waals surface area (Å²) in [5, 5.41) is 5.78. The molecule has 0 aliphatic carbocycles. The van der Waals surface area contributed by atoms with Crippen molar-refractivity contribution in [3.05, 3.63) is 98.7 Å². The zero-order valence-corrected chi connectivity index (χ0v) is 21.0. The van der Waals surface area contributed by atoms with E-state index in [0.717, 1.165) is 38.4 Å². The van der Waals surface area contributed by atoms with Gasteiger partial charge in [0, 0.05) is 16.9 Å². The molecule has 1 aliphatic rings. The van der Waals surface area contributed by atoms with E-state index in [4.69, 9.17) is 11.6 Å². The summed E-state index contributed by atoms with van der Waals surface area (Å²) in [5.74, 6) is -1.43. The number of benzene rings is 3. The average molecular weight is 488 g/mol. The molecule has 4 rings (SSSR count). The molecule has 2 N–H and O–H groups in total. The predicted octanol–water partition coefficient (Wildman–Crippen LogP) is 5.92. The molecule has 0 saturated carbocycles. The van der Waals surface area contributed by atoms with Crippen LogP contribution in [0.3, 0.4) is 0 Å². The molecule has 0 bridgehead atoms. The molecule has 35 heavy (non-hydrogen) atoms. The minimum absolute atomic E-state index is 0.0249. The van der Waals surface area contributed by atoms with Crippen molar-refractivity contribution in [3.63, 3.8) is 0 Å². The fraction of sp³-hybridized carbons (Fsp3) is 0.179. The van der Waals surface area contributed by atoms with E-state index in [2.05, 4.69) is 10.6 Å². The van der Waals surface area contributed by atoms with E-state index >= 15 is 0 Å². The van der Waals surface area contributed by atoms with Crippen LogP contribution in [-0.4, -0.2) is 17.7 Å². The Morgan fingerprint density at radius 1 is 0.771 bits per heavy atom. The molecule has 0 atom stereocenters. The van der Waals surface area contributed by atoms with Gasteiger partial charge in [-0.05, 0) is 75.6 Å². The van der Waals surface area contributed by atoms with Gasteiger partial charge in [0.2, 0.25) is 0 Å². The first-order valence-electron chi connectivity index (χ1n) is 11.2. The van der Waals surface area contributed by atoms with E-state index in [9.17, 15) is 14.4 Å². The Bertz CT molecular complexity index is 1380. The number of nitrogens with one attached hydrogen (secondary N) is 2. The lowest BCUT2D eigenvalue weighted by atomic mass is 10.0. The van der Waals surface area contributed by atoms with E-state index in [-0.39, 0.29) is 16.6 Å². The number of hydrogen-bond donors (Lipinski definition) is 2. The predicted molar refractivity (Wildman–Crippen MR) is 140 cm³/mol. The molecule has 0 saturated heterocycles. The first-order chi connectivity index (χ1) is 16.6. The second-order valence-corrected chi connectivity index (χ2v) is 9.23. The highest BCUT2D eigenvalue weighted by Crippen LogP contribution is 2.31. The van der Waals surface area contributed by atoms with Crippen LogP contribution >= 0.6 is 11.6 Å². The van der Waals surface area contributed by atoms with Gasteiger partial charge in [0.25, 0.3) is 17.7 Å². The minimum atomic E-state index is -0.597. The second-order valence-electron chi connectivity index (χ2n) is 8.85. The zero-order valence-electron chi connectivity index (χ0n) is 20.2. The van der Waals surface area contributed by atoms with Crippen molar-refractivity contribution in [2.75, 3.05) is 15.5 Å². The summed E-state index contributed by atoms with van der Waals surface area (Å²) < 4.78 is 0. The van der Waals surface area contributed by atoms with Gasteiger partial charge < -0.3 is 10.6 Å². The number of aryl methyl sites for hydroxylation is 5. The van der Waals surface area contributed by atoms with E-state index in [1.165, 1.54) is 0 Å². The van der Waals surface area contributed by atoms with Gasteiger partial charge in [-0.2, -0.15) is 0 Å². The maximum absolute atomic E-state index is 13.1. The monoisotopic (exact) mass is 487 g/mol. The van der Waals surface area contributed by atoms with Crippen molar-refractivity contribution in [1.29, 1.82) is 0 Å². The maximum Gasteiger partial charge on any atom is 0.283 e. The molecule has 1 heterocycles. The van der Waals surface area contributed by atoms with Gasteiger partial charge in [-0.25, -0.2) is 4.90 Å². The van der Waals surface area contributed by atoms with Crippen LogP contribution in [0.1, 0.15) is 38.2 Å². The first kappa shape index (κ1) is 24.2. The van der Waals surface area contributed by atoms with Crippen LogP contribution in [0.4, 0.5) is 17.1 Å². The molecule has 1 aliphatic heterocycles. The van der Waals surface area contributed by atoms with Gasteiger partial charge in [0.15, 0.2) is 0 Å². The largest absolute Gasteiger partial charge is 0.349 e. The molecule has 0 radical (unpaired) electrons. The normalized spacial score (nSPS) is 13.5. The van der Waals surface area contributed by atoms with Crippen molar-refractivity contribution in [2.45, 2.75) is 34.6 Å². The Hall–Kier alpha value is -3.90. The summed E-state index contributed by atoms with van der Waals surface area (Å²) in [6.45, 7) is 9.68. The number of nitrogens with zero attached hydrogens (tertiary/aromatic N) is 1. The first-order valence-corrected chi connectivity index (χ1v) is 11.6. The third-order valence-corrected chi connectivity index (χ3v) is 6.35. The molecule has 3 amide bonds. The molecule has 3 aromatic carbocycles. The van der Waals surface area contributed by atoms with E-state index in [0.29, 0.717) is 16.9 Å². The molecular formula is C28H26ClN3O3. The lowest BCUT2D eigenvalue weighted by molar-refractivity contribution is -0.120. The summed E-state index contributed by atoms with van der Waals surface area (Å²) >= 11 is 6.28. The summed E-state index contributed by atoms with van der Waals surface area (Å²) in [6, 6.07) is 16.2. The number of carbonyl (C=O) groups excluding carboxylic acids is 3. The Labute approximate surface area is 209 Å². The standard InChI is InChI=1S/C28H26ClN3O3/c1-15-6-10-21(11-7-15)32-27(34)23(29)25(28(32)35)30-22-14-20(9-8-17(22)3)26(33)31-24-18(4)12-16(2)13-19(24)5/h6-14,30H,1-5H3,(H,31,33). The van der Waals surface area contributed by atoms with Crippen LogP contribution in [0.5, 0.6) is 0 Å². The van der Waals surface area contributed by atoms with Crippen molar-refractivity contribution in [2.24, 2.45) is 0 Å². The summed E-state index contributed by atoms with van der Waals surface area (Å²) in [5.41, 5.74) is 6.97. The highest BCUT2D eigenvalue weighted by Gasteiger charge is 2.39. The summed E-state index contributed by atoms with van der Waals surface area (Å²) in [4.78, 5) is 40.0. The minimum Gasteiger partial charge on any atom is -0.349 e. The third-order valence-electron chi connectivity index (χ3n) is 5.99. The van der Waals surface area contributed by atoms with Crippen molar-refractivity contribution >= 4 is 46.4 Å². The summed E-state index contributed by atoms with van der Waals surface area (Å²) in [7, 11) is 0. The topological polar surface area (TPSA) is 78.5 Å². The van der Waals surface area contributed by atoms with Crippen LogP contribution < -0.4 is 15.5 Å². The van der Waals surface area contributed by atoms with E-state index < -0.39 is 11.8 Å². The van der Waals surface area contributed by atoms with Crippen LogP contribution in [0.2, 0.25) is 0 Å². The van der Waals surface area contributed by atoms with Crippen molar-refractivity contribution in [3.8, 4) is 0 Å². The maximum atomic E-state index is 13.1. The highest BCUT2D eigenvalue weighted by molar-refractivity contribution is 6.53. The summed E-state index contributed by atoms with van der Waals surface area (Å²) in [6.07, 6.45) is 0. The quantitative estimate of drug-likeness (QED) is 0.438. The molecule has 0 fully saturated rings. The van der Waals surface area contributed by atoms with E-state index in [1.54, 1.807) is 30.3 Å². The van der Waals surface area contributed by atoms with Crippen LogP contribution in [0.25, 0.3) is 0 Å². The Kier molecular flexibility index (Phi) is 6.50.